The molecule has 0 aliphatic carbocycles. The van der Waals surface area contributed by atoms with Crippen molar-refractivity contribution in [1.29, 1.82) is 5.41 Å². The first-order chi connectivity index (χ1) is 15.1. The number of benzene rings is 2. The van der Waals surface area contributed by atoms with Crippen molar-refractivity contribution < 1.29 is 27.9 Å². The third kappa shape index (κ3) is 4.28. The number of ether oxygens (including phenoxy) is 1. The Morgan fingerprint density at radius 2 is 2.00 bits per heavy atom. The zero-order chi connectivity index (χ0) is 23.0. The van der Waals surface area contributed by atoms with Gasteiger partial charge in [0, 0.05) is 23.5 Å². The number of aliphatic hydroxyl groups is 1. The summed E-state index contributed by atoms with van der Waals surface area (Å²) in [7, 11) is -3.43. The van der Waals surface area contributed by atoms with Gasteiger partial charge in [-0.2, -0.15) is 0 Å². The van der Waals surface area contributed by atoms with Crippen molar-refractivity contribution in [2.75, 3.05) is 28.1 Å². The maximum atomic E-state index is 13.0. The van der Waals surface area contributed by atoms with Crippen LogP contribution in [0.15, 0.2) is 42.5 Å². The summed E-state index contributed by atoms with van der Waals surface area (Å²) in [6.45, 7) is 0.275. The lowest BCUT2D eigenvalue weighted by Gasteiger charge is -2.34. The van der Waals surface area contributed by atoms with Gasteiger partial charge in [0.25, 0.3) is 11.8 Å². The number of aliphatic hydroxyl groups excluding tert-OH is 1. The fraction of sp³-hybridized carbons (Fsp3) is 0.250. The zero-order valence-corrected chi connectivity index (χ0v) is 17.6. The first-order valence-corrected chi connectivity index (χ1v) is 11.3. The van der Waals surface area contributed by atoms with Gasteiger partial charge in [0.1, 0.15) is 5.84 Å². The molecule has 11 nitrogen and oxygen atoms in total. The molecule has 1 unspecified atom stereocenters. The molecule has 2 aromatic rings. The van der Waals surface area contributed by atoms with Crippen LogP contribution >= 0.6 is 0 Å². The monoisotopic (exact) mass is 459 g/mol. The smallest absolute Gasteiger partial charge is 0.259 e. The van der Waals surface area contributed by atoms with Gasteiger partial charge in [0.05, 0.1) is 18.0 Å². The number of nitrogens with zero attached hydrogens (tertiary/aromatic N) is 1. The number of rotatable bonds is 5. The highest BCUT2D eigenvalue weighted by molar-refractivity contribution is 7.92. The number of amides is 2. The summed E-state index contributed by atoms with van der Waals surface area (Å²) in [4.78, 5) is 26.8. The number of hydrogen-bond donors (Lipinski definition) is 5. The van der Waals surface area contributed by atoms with Crippen molar-refractivity contribution >= 4 is 44.7 Å². The summed E-state index contributed by atoms with van der Waals surface area (Å²) < 4.78 is 31.3. The van der Waals surface area contributed by atoms with E-state index in [2.05, 4.69) is 10.0 Å². The molecule has 2 atom stereocenters. The van der Waals surface area contributed by atoms with Crippen LogP contribution in [-0.4, -0.2) is 56.5 Å². The highest BCUT2D eigenvalue weighted by atomic mass is 32.2. The molecule has 0 radical (unpaired) electrons. The number of sulfonamides is 1. The Kier molecular flexibility index (Phi) is 5.59. The normalized spacial score (nSPS) is 20.2. The maximum Gasteiger partial charge on any atom is 0.259 e. The fourth-order valence-corrected chi connectivity index (χ4v) is 4.81. The number of hydrogen-bond acceptors (Lipinski definition) is 7. The molecule has 0 saturated carbocycles. The fourth-order valence-electron chi connectivity index (χ4n) is 3.55. The summed E-state index contributed by atoms with van der Waals surface area (Å²) in [5, 5.41) is 20.4. The number of nitrogens with one attached hydrogen (secondary N) is 3. The van der Waals surface area contributed by atoms with E-state index in [0.717, 1.165) is 0 Å². The molecule has 4 rings (SSSR count). The number of carbonyl (C=O) groups excluding carboxylic acids is 2. The highest BCUT2D eigenvalue weighted by Crippen LogP contribution is 2.32. The Morgan fingerprint density at radius 1 is 1.28 bits per heavy atom. The van der Waals surface area contributed by atoms with Gasteiger partial charge >= 0.3 is 0 Å². The molecule has 2 heterocycles. The lowest BCUT2D eigenvalue weighted by molar-refractivity contribution is -0.150. The first-order valence-electron chi connectivity index (χ1n) is 9.64. The lowest BCUT2D eigenvalue weighted by Crippen LogP contribution is -2.55. The van der Waals surface area contributed by atoms with Crippen LogP contribution in [0.5, 0.6) is 0 Å². The maximum absolute atomic E-state index is 13.0. The van der Waals surface area contributed by atoms with Gasteiger partial charge in [-0.15, -0.1) is 0 Å². The molecular formula is C20H21N5O6S. The van der Waals surface area contributed by atoms with Crippen LogP contribution in [0.2, 0.25) is 0 Å². The van der Waals surface area contributed by atoms with Crippen LogP contribution in [-0.2, 0) is 30.1 Å². The molecule has 1 fully saturated rings. The molecule has 2 aromatic carbocycles. The van der Waals surface area contributed by atoms with Gasteiger partial charge in [-0.05, 0) is 48.0 Å². The molecular weight excluding hydrogens is 438 g/mol. The molecule has 12 heteroatoms. The van der Waals surface area contributed by atoms with Crippen molar-refractivity contribution in [1.82, 2.24) is 0 Å². The number of nitrogen functional groups attached to an aromatic ring is 1. The minimum absolute atomic E-state index is 0.0850. The highest BCUT2D eigenvalue weighted by Gasteiger charge is 2.39. The molecule has 168 valence electrons. The average Bonchev–Trinajstić information content (AvgIpc) is 3.06. The summed E-state index contributed by atoms with van der Waals surface area (Å²) in [5.74, 6) is -1.75. The summed E-state index contributed by atoms with van der Waals surface area (Å²) in [5.41, 5.74) is 7.67. The standard InChI is InChI=1S/C20H21N5O6S/c21-18(22)11-1-3-13(4-2-11)23-19(27)16(26)17-20(28)25(7-8-31-17)14-5-6-15-12(9-14)10-32(29,30)24-15/h1-6,9,16-17,24,26H,7-8,10H2,(H3,21,22)(H,23,27)/t16?,17-/m1/s1. The Hall–Kier alpha value is -3.48. The Morgan fingerprint density at radius 3 is 2.69 bits per heavy atom. The topological polar surface area (TPSA) is 175 Å². The van der Waals surface area contributed by atoms with Crippen LogP contribution < -0.4 is 20.7 Å². The minimum atomic E-state index is -3.43. The molecule has 0 bridgehead atoms. The van der Waals surface area contributed by atoms with Crippen LogP contribution in [0.25, 0.3) is 0 Å². The number of carbonyl (C=O) groups is 2. The molecule has 2 aliphatic rings. The largest absolute Gasteiger partial charge is 0.384 e. The van der Waals surface area contributed by atoms with E-state index in [-0.39, 0.29) is 24.7 Å². The van der Waals surface area contributed by atoms with Crippen molar-refractivity contribution in [3.05, 3.63) is 53.6 Å². The summed E-state index contributed by atoms with van der Waals surface area (Å²) in [6, 6.07) is 10.9. The number of anilines is 3. The predicted molar refractivity (Wildman–Crippen MR) is 117 cm³/mol. The summed E-state index contributed by atoms with van der Waals surface area (Å²) >= 11 is 0. The average molecular weight is 459 g/mol. The molecule has 1 saturated heterocycles. The first kappa shape index (κ1) is 21.7. The van der Waals surface area contributed by atoms with Crippen molar-refractivity contribution in [2.24, 2.45) is 5.73 Å². The molecule has 2 aliphatic heterocycles. The van der Waals surface area contributed by atoms with Gasteiger partial charge < -0.3 is 25.8 Å². The Labute approximate surface area is 183 Å². The van der Waals surface area contributed by atoms with Crippen LogP contribution in [0.4, 0.5) is 17.1 Å². The number of fused-ring (bicyclic) bond motifs is 1. The number of morpholine rings is 1. The second kappa shape index (κ2) is 8.22. The van der Waals surface area contributed by atoms with E-state index in [1.54, 1.807) is 18.2 Å². The van der Waals surface area contributed by atoms with Gasteiger partial charge in [-0.1, -0.05) is 0 Å². The van der Waals surface area contributed by atoms with Crippen LogP contribution in [0.1, 0.15) is 11.1 Å². The van der Waals surface area contributed by atoms with Gasteiger partial charge in [-0.25, -0.2) is 8.42 Å². The van der Waals surface area contributed by atoms with E-state index < -0.39 is 34.0 Å². The zero-order valence-electron chi connectivity index (χ0n) is 16.7. The van der Waals surface area contributed by atoms with E-state index >= 15 is 0 Å². The Bertz CT molecular complexity index is 1200. The SMILES string of the molecule is N=C(N)c1ccc(NC(=O)C(O)[C@H]2OCCN(c3ccc4c(c3)CS(=O)(=O)N4)C2=O)cc1. The lowest BCUT2D eigenvalue weighted by atomic mass is 10.1. The molecule has 32 heavy (non-hydrogen) atoms. The predicted octanol–water partition coefficient (Wildman–Crippen LogP) is -0.0426. The second-order valence-electron chi connectivity index (χ2n) is 7.41. The van der Waals surface area contributed by atoms with E-state index in [1.165, 1.54) is 29.2 Å². The number of nitrogens with two attached hydrogens (primary N) is 1. The molecule has 2 amide bonds. The summed E-state index contributed by atoms with van der Waals surface area (Å²) in [6.07, 6.45) is -3.19. The molecule has 6 N–H and O–H groups in total. The molecule has 0 aromatic heterocycles. The van der Waals surface area contributed by atoms with Crippen molar-refractivity contribution in [2.45, 2.75) is 18.0 Å². The third-order valence-corrected chi connectivity index (χ3v) is 6.37. The van der Waals surface area contributed by atoms with Crippen molar-refractivity contribution in [3.8, 4) is 0 Å². The van der Waals surface area contributed by atoms with Crippen LogP contribution in [0.3, 0.4) is 0 Å². The van der Waals surface area contributed by atoms with E-state index in [1.807, 2.05) is 0 Å². The quantitative estimate of drug-likeness (QED) is 0.308. The van der Waals surface area contributed by atoms with Gasteiger partial charge in [-0.3, -0.25) is 19.7 Å². The molecule has 0 spiro atoms. The minimum Gasteiger partial charge on any atom is -0.384 e. The van der Waals surface area contributed by atoms with E-state index in [0.29, 0.717) is 28.2 Å². The number of amidine groups is 1. The Balaban J connectivity index is 1.47. The van der Waals surface area contributed by atoms with E-state index in [9.17, 15) is 23.1 Å². The second-order valence-corrected chi connectivity index (χ2v) is 9.13. The van der Waals surface area contributed by atoms with E-state index in [4.69, 9.17) is 15.9 Å². The van der Waals surface area contributed by atoms with Gasteiger partial charge in [0.15, 0.2) is 12.2 Å². The third-order valence-electron chi connectivity index (χ3n) is 5.15. The van der Waals surface area contributed by atoms with Crippen molar-refractivity contribution in [3.63, 3.8) is 0 Å². The van der Waals surface area contributed by atoms with Gasteiger partial charge in [0.2, 0.25) is 10.0 Å². The van der Waals surface area contributed by atoms with Crippen LogP contribution in [0, 0.1) is 5.41 Å².